The molecule has 1 aromatic carbocycles. The zero-order chi connectivity index (χ0) is 14.3. The lowest BCUT2D eigenvalue weighted by molar-refractivity contribution is -0.116. The third kappa shape index (κ3) is 5.93. The molecule has 0 aromatic heterocycles. The highest BCUT2D eigenvalue weighted by atomic mass is 79.9. The van der Waals surface area contributed by atoms with Crippen molar-refractivity contribution in [3.05, 3.63) is 27.7 Å². The fourth-order valence-corrected chi connectivity index (χ4v) is 2.45. The Bertz CT molecular complexity index is 426. The third-order valence-electron chi connectivity index (χ3n) is 3.13. The second kappa shape index (κ2) is 8.56. The summed E-state index contributed by atoms with van der Waals surface area (Å²) >= 11 is 9.29. The highest BCUT2D eigenvalue weighted by molar-refractivity contribution is 9.10. The summed E-state index contributed by atoms with van der Waals surface area (Å²) in [5.74, 6) is 0.539. The van der Waals surface area contributed by atoms with Gasteiger partial charge in [-0.1, -0.05) is 24.9 Å². The van der Waals surface area contributed by atoms with Crippen molar-refractivity contribution in [2.24, 2.45) is 11.7 Å². The smallest absolute Gasteiger partial charge is 0.224 e. The number of hydrogen-bond acceptors (Lipinski definition) is 2. The molecule has 1 unspecified atom stereocenters. The van der Waals surface area contributed by atoms with E-state index in [1.165, 1.54) is 0 Å². The fraction of sp³-hybridized carbons (Fsp3) is 0.500. The Labute approximate surface area is 128 Å². The van der Waals surface area contributed by atoms with E-state index in [-0.39, 0.29) is 5.91 Å². The van der Waals surface area contributed by atoms with Gasteiger partial charge >= 0.3 is 0 Å². The molecule has 3 nitrogen and oxygen atoms in total. The summed E-state index contributed by atoms with van der Waals surface area (Å²) < 4.78 is 0.833. The Hall–Kier alpha value is -0.580. The number of nitrogens with one attached hydrogen (secondary N) is 1. The van der Waals surface area contributed by atoms with E-state index in [1.54, 1.807) is 12.1 Å². The molecule has 0 spiro atoms. The van der Waals surface area contributed by atoms with Crippen LogP contribution < -0.4 is 11.1 Å². The van der Waals surface area contributed by atoms with Crippen LogP contribution in [0.4, 0.5) is 5.69 Å². The van der Waals surface area contributed by atoms with Crippen molar-refractivity contribution < 1.29 is 4.79 Å². The molecule has 0 heterocycles. The number of amides is 1. The monoisotopic (exact) mass is 346 g/mol. The standard InChI is InChI=1S/C14H20BrClN2O/c1-2-10(7-8-17)3-6-14(19)18-13-9-11(16)4-5-12(13)15/h4-5,9-10H,2-3,6-8,17H2,1H3,(H,18,19). The molecule has 0 radical (unpaired) electrons. The first-order valence-corrected chi connectivity index (χ1v) is 7.68. The lowest BCUT2D eigenvalue weighted by atomic mass is 9.96. The Morgan fingerprint density at radius 1 is 1.47 bits per heavy atom. The molecular formula is C14H20BrClN2O. The number of benzene rings is 1. The highest BCUT2D eigenvalue weighted by Crippen LogP contribution is 2.26. The van der Waals surface area contributed by atoms with Crippen LogP contribution in [0.1, 0.15) is 32.6 Å². The molecule has 0 aliphatic heterocycles. The average Bonchev–Trinajstić information content (AvgIpc) is 2.39. The van der Waals surface area contributed by atoms with Crippen LogP contribution in [0.5, 0.6) is 0 Å². The van der Waals surface area contributed by atoms with Gasteiger partial charge in [0.25, 0.3) is 0 Å². The zero-order valence-electron chi connectivity index (χ0n) is 11.1. The van der Waals surface area contributed by atoms with E-state index in [0.717, 1.165) is 23.7 Å². The molecule has 19 heavy (non-hydrogen) atoms. The van der Waals surface area contributed by atoms with Gasteiger partial charge in [0, 0.05) is 15.9 Å². The summed E-state index contributed by atoms with van der Waals surface area (Å²) in [7, 11) is 0. The molecule has 0 saturated heterocycles. The summed E-state index contributed by atoms with van der Waals surface area (Å²) in [4.78, 5) is 11.9. The van der Waals surface area contributed by atoms with E-state index in [2.05, 4.69) is 28.2 Å². The highest BCUT2D eigenvalue weighted by Gasteiger charge is 2.10. The van der Waals surface area contributed by atoms with Crippen molar-refractivity contribution in [3.8, 4) is 0 Å². The van der Waals surface area contributed by atoms with Gasteiger partial charge in [0.15, 0.2) is 0 Å². The molecule has 3 N–H and O–H groups in total. The molecule has 0 aliphatic carbocycles. The molecule has 0 bridgehead atoms. The molecule has 0 aliphatic rings. The summed E-state index contributed by atoms with van der Waals surface area (Å²) in [6, 6.07) is 5.33. The van der Waals surface area contributed by atoms with Crippen molar-refractivity contribution in [2.75, 3.05) is 11.9 Å². The summed E-state index contributed by atoms with van der Waals surface area (Å²) in [6.07, 6.45) is 3.42. The van der Waals surface area contributed by atoms with Crippen LogP contribution in [-0.4, -0.2) is 12.5 Å². The molecule has 1 aromatic rings. The molecule has 1 rings (SSSR count). The number of nitrogens with two attached hydrogens (primary N) is 1. The Kier molecular flexibility index (Phi) is 7.42. The number of anilines is 1. The van der Waals surface area contributed by atoms with Crippen LogP contribution in [0.25, 0.3) is 0 Å². The minimum absolute atomic E-state index is 0.0124. The van der Waals surface area contributed by atoms with Gasteiger partial charge in [0.1, 0.15) is 0 Å². The van der Waals surface area contributed by atoms with Gasteiger partial charge in [-0.3, -0.25) is 4.79 Å². The molecular weight excluding hydrogens is 328 g/mol. The molecule has 1 amide bonds. The normalized spacial score (nSPS) is 12.2. The Balaban J connectivity index is 2.48. The van der Waals surface area contributed by atoms with E-state index in [9.17, 15) is 4.79 Å². The molecule has 1 atom stereocenters. The molecule has 106 valence electrons. The van der Waals surface area contributed by atoms with Crippen molar-refractivity contribution in [1.82, 2.24) is 0 Å². The van der Waals surface area contributed by atoms with Gasteiger partial charge in [0.2, 0.25) is 5.91 Å². The van der Waals surface area contributed by atoms with Crippen molar-refractivity contribution in [1.29, 1.82) is 0 Å². The van der Waals surface area contributed by atoms with Crippen molar-refractivity contribution in [3.63, 3.8) is 0 Å². The van der Waals surface area contributed by atoms with E-state index < -0.39 is 0 Å². The minimum atomic E-state index is 0.0124. The molecule has 0 fully saturated rings. The van der Waals surface area contributed by atoms with Crippen molar-refractivity contribution in [2.45, 2.75) is 32.6 Å². The van der Waals surface area contributed by atoms with Crippen LogP contribution in [0.2, 0.25) is 5.02 Å². The first-order valence-electron chi connectivity index (χ1n) is 6.51. The lowest BCUT2D eigenvalue weighted by Crippen LogP contribution is -2.15. The number of carbonyl (C=O) groups is 1. The minimum Gasteiger partial charge on any atom is -0.330 e. The molecule has 5 heteroatoms. The largest absolute Gasteiger partial charge is 0.330 e. The number of halogens is 2. The SMILES string of the molecule is CCC(CCN)CCC(=O)Nc1cc(Cl)ccc1Br. The van der Waals surface area contributed by atoms with Gasteiger partial charge < -0.3 is 11.1 Å². The van der Waals surface area contributed by atoms with Crippen LogP contribution >= 0.6 is 27.5 Å². The second-order valence-corrected chi connectivity index (χ2v) is 5.85. The van der Waals surface area contributed by atoms with E-state index >= 15 is 0 Å². The predicted molar refractivity (Wildman–Crippen MR) is 84.5 cm³/mol. The van der Waals surface area contributed by atoms with Gasteiger partial charge in [0.05, 0.1) is 5.69 Å². The lowest BCUT2D eigenvalue weighted by Gasteiger charge is -2.13. The summed E-state index contributed by atoms with van der Waals surface area (Å²) in [5, 5.41) is 3.48. The molecule has 0 saturated carbocycles. The number of carbonyl (C=O) groups excluding carboxylic acids is 1. The van der Waals surface area contributed by atoms with Gasteiger partial charge in [-0.05, 0) is 59.4 Å². The first kappa shape index (κ1) is 16.5. The van der Waals surface area contributed by atoms with Gasteiger partial charge in [-0.15, -0.1) is 0 Å². The Morgan fingerprint density at radius 2 is 2.21 bits per heavy atom. The predicted octanol–water partition coefficient (Wildman–Crippen LogP) is 4.20. The van der Waals surface area contributed by atoms with E-state index in [1.807, 2.05) is 6.07 Å². The van der Waals surface area contributed by atoms with Crippen LogP contribution in [0.3, 0.4) is 0 Å². The third-order valence-corrected chi connectivity index (χ3v) is 4.06. The van der Waals surface area contributed by atoms with Gasteiger partial charge in [-0.2, -0.15) is 0 Å². The summed E-state index contributed by atoms with van der Waals surface area (Å²) in [5.41, 5.74) is 6.26. The quantitative estimate of drug-likeness (QED) is 0.777. The zero-order valence-corrected chi connectivity index (χ0v) is 13.4. The second-order valence-electron chi connectivity index (χ2n) is 4.56. The maximum atomic E-state index is 11.9. The summed E-state index contributed by atoms with van der Waals surface area (Å²) in [6.45, 7) is 2.81. The van der Waals surface area contributed by atoms with Gasteiger partial charge in [-0.25, -0.2) is 0 Å². The van der Waals surface area contributed by atoms with Crippen LogP contribution in [0.15, 0.2) is 22.7 Å². The van der Waals surface area contributed by atoms with E-state index in [0.29, 0.717) is 29.6 Å². The Morgan fingerprint density at radius 3 is 2.84 bits per heavy atom. The van der Waals surface area contributed by atoms with Crippen LogP contribution in [-0.2, 0) is 4.79 Å². The first-order chi connectivity index (χ1) is 9.06. The van der Waals surface area contributed by atoms with E-state index in [4.69, 9.17) is 17.3 Å². The number of rotatable bonds is 7. The maximum Gasteiger partial charge on any atom is 0.224 e. The fourth-order valence-electron chi connectivity index (χ4n) is 1.93. The maximum absolute atomic E-state index is 11.9. The number of hydrogen-bond donors (Lipinski definition) is 2. The average molecular weight is 348 g/mol. The van der Waals surface area contributed by atoms with Crippen molar-refractivity contribution >= 4 is 39.1 Å². The van der Waals surface area contributed by atoms with Crippen LogP contribution in [0, 0.1) is 5.92 Å². The topological polar surface area (TPSA) is 55.1 Å².